The first kappa shape index (κ1) is 17.0. The van der Waals surface area contributed by atoms with Crippen LogP contribution in [0.15, 0.2) is 47.4 Å². The summed E-state index contributed by atoms with van der Waals surface area (Å²) in [7, 11) is -3.45. The van der Waals surface area contributed by atoms with Crippen molar-refractivity contribution in [1.29, 1.82) is 0 Å². The number of piperidine rings is 1. The second-order valence-electron chi connectivity index (χ2n) is 7.30. The van der Waals surface area contributed by atoms with E-state index in [-0.39, 0.29) is 0 Å². The van der Waals surface area contributed by atoms with Crippen molar-refractivity contribution < 1.29 is 8.42 Å². The minimum absolute atomic E-state index is 0.342. The van der Waals surface area contributed by atoms with E-state index in [1.54, 1.807) is 16.4 Å². The Labute approximate surface area is 149 Å². The Morgan fingerprint density at radius 1 is 1.12 bits per heavy atom. The first-order chi connectivity index (χ1) is 12.1. The molecule has 2 saturated heterocycles. The van der Waals surface area contributed by atoms with E-state index in [9.17, 15) is 8.42 Å². The first-order valence-electron chi connectivity index (χ1n) is 9.03. The minimum atomic E-state index is -3.45. The molecule has 134 valence electrons. The van der Waals surface area contributed by atoms with E-state index in [4.69, 9.17) is 0 Å². The minimum Gasteiger partial charge on any atom is -0.257 e. The lowest BCUT2D eigenvalue weighted by Gasteiger charge is -2.36. The molecule has 0 amide bonds. The fourth-order valence-electron chi connectivity index (χ4n) is 4.15. The molecule has 2 aromatic carbocycles. The van der Waals surface area contributed by atoms with Crippen LogP contribution in [0.1, 0.15) is 19.8 Å². The van der Waals surface area contributed by atoms with Gasteiger partial charge in [-0.25, -0.2) is 8.42 Å². The lowest BCUT2D eigenvalue weighted by molar-refractivity contribution is 0.205. The Hall–Kier alpha value is -1.47. The molecule has 6 heteroatoms. The summed E-state index contributed by atoms with van der Waals surface area (Å²) >= 11 is 0. The highest BCUT2D eigenvalue weighted by molar-refractivity contribution is 7.89. The molecule has 25 heavy (non-hydrogen) atoms. The van der Waals surface area contributed by atoms with Crippen molar-refractivity contribution in [3.8, 4) is 0 Å². The van der Waals surface area contributed by atoms with Gasteiger partial charge in [-0.2, -0.15) is 4.31 Å². The van der Waals surface area contributed by atoms with Crippen molar-refractivity contribution in [3.05, 3.63) is 42.5 Å². The summed E-state index contributed by atoms with van der Waals surface area (Å²) in [6.07, 6.45) is 2.00. The number of nitrogens with zero attached hydrogens (tertiary/aromatic N) is 1. The van der Waals surface area contributed by atoms with Crippen molar-refractivity contribution in [3.63, 3.8) is 0 Å². The van der Waals surface area contributed by atoms with Crippen LogP contribution in [0.4, 0.5) is 0 Å². The van der Waals surface area contributed by atoms with Gasteiger partial charge in [0.05, 0.1) is 4.90 Å². The maximum Gasteiger partial charge on any atom is 0.243 e. The molecule has 5 nitrogen and oxygen atoms in total. The zero-order valence-corrected chi connectivity index (χ0v) is 15.3. The number of nitrogens with one attached hydrogen (secondary N) is 2. The van der Waals surface area contributed by atoms with Gasteiger partial charge in [-0.3, -0.25) is 10.9 Å². The molecule has 0 saturated carbocycles. The average molecular weight is 359 g/mol. The van der Waals surface area contributed by atoms with Gasteiger partial charge in [0.15, 0.2) is 0 Å². The molecule has 3 atom stereocenters. The second-order valence-corrected chi connectivity index (χ2v) is 9.24. The molecule has 2 N–H and O–H groups in total. The largest absolute Gasteiger partial charge is 0.257 e. The number of hydrazine groups is 1. The number of hydrogen-bond acceptors (Lipinski definition) is 4. The van der Waals surface area contributed by atoms with Gasteiger partial charge in [0.1, 0.15) is 0 Å². The summed E-state index contributed by atoms with van der Waals surface area (Å²) in [4.78, 5) is 0.400. The molecule has 2 heterocycles. The van der Waals surface area contributed by atoms with E-state index in [2.05, 4.69) is 17.8 Å². The Balaban J connectivity index is 1.60. The third-order valence-electron chi connectivity index (χ3n) is 5.59. The van der Waals surface area contributed by atoms with E-state index in [1.165, 1.54) is 0 Å². The van der Waals surface area contributed by atoms with Crippen LogP contribution in [0.3, 0.4) is 0 Å². The molecule has 0 bridgehead atoms. The van der Waals surface area contributed by atoms with Crippen LogP contribution in [0.5, 0.6) is 0 Å². The van der Waals surface area contributed by atoms with Gasteiger partial charge in [-0.05, 0) is 47.6 Å². The maximum absolute atomic E-state index is 13.2. The van der Waals surface area contributed by atoms with E-state index >= 15 is 0 Å². The Morgan fingerprint density at radius 3 is 2.68 bits per heavy atom. The third-order valence-corrected chi connectivity index (χ3v) is 7.45. The molecule has 0 radical (unpaired) electrons. The molecule has 0 aliphatic carbocycles. The van der Waals surface area contributed by atoms with Gasteiger partial charge in [0.2, 0.25) is 10.0 Å². The van der Waals surface area contributed by atoms with Crippen LogP contribution in [-0.2, 0) is 10.0 Å². The van der Waals surface area contributed by atoms with Crippen LogP contribution >= 0.6 is 0 Å². The lowest BCUT2D eigenvalue weighted by atomic mass is 9.86. The van der Waals surface area contributed by atoms with Crippen molar-refractivity contribution in [2.24, 2.45) is 11.8 Å². The highest BCUT2D eigenvalue weighted by Gasteiger charge is 2.37. The third kappa shape index (κ3) is 3.19. The normalized spacial score (nSPS) is 28.4. The zero-order valence-electron chi connectivity index (χ0n) is 14.5. The van der Waals surface area contributed by atoms with Crippen molar-refractivity contribution in [1.82, 2.24) is 15.2 Å². The first-order valence-corrected chi connectivity index (χ1v) is 10.5. The zero-order chi connectivity index (χ0) is 17.4. The highest BCUT2D eigenvalue weighted by atomic mass is 32.2. The van der Waals surface area contributed by atoms with Crippen LogP contribution in [-0.4, -0.2) is 38.4 Å². The highest BCUT2D eigenvalue weighted by Crippen LogP contribution is 2.30. The summed E-state index contributed by atoms with van der Waals surface area (Å²) < 4.78 is 28.0. The van der Waals surface area contributed by atoms with Gasteiger partial charge >= 0.3 is 0 Å². The Bertz CT molecular complexity index is 868. The molecular weight excluding hydrogens is 334 g/mol. The molecule has 3 unspecified atom stereocenters. The van der Waals surface area contributed by atoms with Gasteiger partial charge in [-0.1, -0.05) is 37.3 Å². The fraction of sp³-hybridized carbons (Fsp3) is 0.474. The second kappa shape index (κ2) is 6.68. The van der Waals surface area contributed by atoms with E-state index in [0.717, 1.165) is 30.2 Å². The summed E-state index contributed by atoms with van der Waals surface area (Å²) in [5, 5.41) is 2.03. The number of sulfonamides is 1. The van der Waals surface area contributed by atoms with Crippen LogP contribution in [0.25, 0.3) is 10.8 Å². The SMILES string of the molecule is CC1CNNC1C1CCCN(S(=O)(=O)c2ccc3ccccc3c2)C1. The van der Waals surface area contributed by atoms with Gasteiger partial charge < -0.3 is 0 Å². The van der Waals surface area contributed by atoms with Crippen molar-refractivity contribution in [2.75, 3.05) is 19.6 Å². The lowest BCUT2D eigenvalue weighted by Crippen LogP contribution is -2.48. The number of hydrogen-bond donors (Lipinski definition) is 2. The van der Waals surface area contributed by atoms with Crippen molar-refractivity contribution in [2.45, 2.75) is 30.7 Å². The summed E-state index contributed by atoms with van der Waals surface area (Å²) in [5.74, 6) is 0.877. The fourth-order valence-corrected chi connectivity index (χ4v) is 5.72. The van der Waals surface area contributed by atoms with Crippen molar-refractivity contribution >= 4 is 20.8 Å². The van der Waals surface area contributed by atoms with Gasteiger partial charge in [0, 0.05) is 25.7 Å². The number of benzene rings is 2. The summed E-state index contributed by atoms with van der Waals surface area (Å²) in [6.45, 7) is 4.37. The topological polar surface area (TPSA) is 61.4 Å². The van der Waals surface area contributed by atoms with E-state index < -0.39 is 10.0 Å². The van der Waals surface area contributed by atoms with Crippen LogP contribution in [0, 0.1) is 11.8 Å². The number of rotatable bonds is 3. The maximum atomic E-state index is 13.2. The molecule has 0 spiro atoms. The number of fused-ring (bicyclic) bond motifs is 1. The average Bonchev–Trinajstić information content (AvgIpc) is 3.07. The summed E-state index contributed by atoms with van der Waals surface area (Å²) in [6, 6.07) is 13.6. The monoisotopic (exact) mass is 359 g/mol. The molecule has 2 fully saturated rings. The van der Waals surface area contributed by atoms with Crippen LogP contribution in [0.2, 0.25) is 0 Å². The van der Waals surface area contributed by atoms with Gasteiger partial charge in [-0.15, -0.1) is 0 Å². The molecule has 2 aliphatic heterocycles. The molecule has 2 aromatic rings. The Morgan fingerprint density at radius 2 is 1.92 bits per heavy atom. The molecule has 4 rings (SSSR count). The van der Waals surface area contributed by atoms with E-state index in [0.29, 0.717) is 35.9 Å². The molecular formula is C19H25N3O2S. The summed E-state index contributed by atoms with van der Waals surface area (Å²) in [5.41, 5.74) is 6.55. The molecule has 2 aliphatic rings. The quantitative estimate of drug-likeness (QED) is 0.883. The smallest absolute Gasteiger partial charge is 0.243 e. The van der Waals surface area contributed by atoms with Crippen LogP contribution < -0.4 is 10.9 Å². The standard InChI is InChI=1S/C19H25N3O2S/c1-14-12-20-21-19(14)17-7-4-10-22(13-17)25(23,24)18-9-8-15-5-2-3-6-16(15)11-18/h2-3,5-6,8-9,11,14,17,19-21H,4,7,10,12-13H2,1H3. The van der Waals surface area contributed by atoms with E-state index in [1.807, 2.05) is 30.3 Å². The predicted molar refractivity (Wildman–Crippen MR) is 99.5 cm³/mol. The molecule has 0 aromatic heterocycles. The Kier molecular flexibility index (Phi) is 4.54. The van der Waals surface area contributed by atoms with Gasteiger partial charge in [0.25, 0.3) is 0 Å². The predicted octanol–water partition coefficient (Wildman–Crippen LogP) is 2.35.